The number of imidazole rings is 1. The van der Waals surface area contributed by atoms with Crippen LogP contribution in [0.2, 0.25) is 0 Å². The number of likely N-dealkylation sites (tertiary alicyclic amines) is 1. The maximum absolute atomic E-state index is 12.2. The van der Waals surface area contributed by atoms with Gasteiger partial charge in [-0.05, 0) is 31.5 Å². The average Bonchev–Trinajstić information content (AvgIpc) is 3.07. The Balaban J connectivity index is 1.63. The molecule has 0 bridgehead atoms. The largest absolute Gasteiger partial charge is 0.348 e. The van der Waals surface area contributed by atoms with Crippen molar-refractivity contribution in [2.45, 2.75) is 25.8 Å². The minimum absolute atomic E-state index is 0.0722. The average molecular weight is 286 g/mol. The van der Waals surface area contributed by atoms with Gasteiger partial charge in [0, 0.05) is 31.1 Å². The molecule has 2 N–H and O–H groups in total. The van der Waals surface area contributed by atoms with Gasteiger partial charge in [-0.3, -0.25) is 9.59 Å². The number of nitrogens with zero attached hydrogens (tertiary/aromatic N) is 2. The highest BCUT2D eigenvalue weighted by molar-refractivity contribution is 5.97. The standard InChI is InChI=1S/C15H18N4O2/c1-10(8-19-6-2-3-14(19)20)18-15(21)11-4-5-12-13(7-11)17-9-16-12/h4-5,7,9-10H,2-3,6,8H2,1H3,(H,16,17)(H,18,21). The highest BCUT2D eigenvalue weighted by atomic mass is 16.2. The van der Waals surface area contributed by atoms with Gasteiger partial charge in [-0.2, -0.15) is 0 Å². The Bertz CT molecular complexity index is 679. The molecule has 21 heavy (non-hydrogen) atoms. The number of amides is 2. The Morgan fingerprint density at radius 2 is 2.38 bits per heavy atom. The van der Waals surface area contributed by atoms with Gasteiger partial charge in [0.2, 0.25) is 5.91 Å². The van der Waals surface area contributed by atoms with Gasteiger partial charge in [0.1, 0.15) is 0 Å². The van der Waals surface area contributed by atoms with E-state index in [0.717, 1.165) is 24.0 Å². The van der Waals surface area contributed by atoms with Crippen LogP contribution < -0.4 is 5.32 Å². The van der Waals surface area contributed by atoms with Gasteiger partial charge in [-0.15, -0.1) is 0 Å². The van der Waals surface area contributed by atoms with Crippen LogP contribution in [0, 0.1) is 0 Å². The number of aromatic nitrogens is 2. The lowest BCUT2D eigenvalue weighted by Gasteiger charge is -2.21. The first-order valence-electron chi connectivity index (χ1n) is 7.15. The summed E-state index contributed by atoms with van der Waals surface area (Å²) in [5, 5.41) is 2.93. The van der Waals surface area contributed by atoms with Crippen molar-refractivity contribution < 1.29 is 9.59 Å². The first-order chi connectivity index (χ1) is 10.1. The van der Waals surface area contributed by atoms with E-state index in [2.05, 4.69) is 15.3 Å². The maximum atomic E-state index is 12.2. The predicted molar refractivity (Wildman–Crippen MR) is 78.8 cm³/mol. The summed E-state index contributed by atoms with van der Waals surface area (Å²) in [5.74, 6) is 0.0422. The summed E-state index contributed by atoms with van der Waals surface area (Å²) in [5.41, 5.74) is 2.26. The van der Waals surface area contributed by atoms with Gasteiger partial charge in [0.05, 0.1) is 17.4 Å². The van der Waals surface area contributed by atoms with Crippen LogP contribution in [-0.2, 0) is 4.79 Å². The Morgan fingerprint density at radius 3 is 3.14 bits per heavy atom. The second-order valence-corrected chi connectivity index (χ2v) is 5.45. The predicted octanol–water partition coefficient (Wildman–Crippen LogP) is 1.30. The van der Waals surface area contributed by atoms with Crippen molar-refractivity contribution in [3.63, 3.8) is 0 Å². The number of hydrogen-bond acceptors (Lipinski definition) is 3. The molecule has 1 atom stereocenters. The lowest BCUT2D eigenvalue weighted by atomic mass is 10.1. The van der Waals surface area contributed by atoms with Crippen molar-refractivity contribution in [2.75, 3.05) is 13.1 Å². The molecule has 2 amide bonds. The van der Waals surface area contributed by atoms with E-state index in [1.165, 1.54) is 0 Å². The van der Waals surface area contributed by atoms with Crippen molar-refractivity contribution in [2.24, 2.45) is 0 Å². The fraction of sp³-hybridized carbons (Fsp3) is 0.400. The highest BCUT2D eigenvalue weighted by Crippen LogP contribution is 2.12. The first kappa shape index (κ1) is 13.6. The molecule has 110 valence electrons. The molecule has 1 unspecified atom stereocenters. The van der Waals surface area contributed by atoms with Crippen LogP contribution in [0.1, 0.15) is 30.1 Å². The van der Waals surface area contributed by atoms with Crippen LogP contribution in [0.5, 0.6) is 0 Å². The molecule has 1 fully saturated rings. The van der Waals surface area contributed by atoms with E-state index >= 15 is 0 Å². The molecule has 1 aliphatic rings. The fourth-order valence-corrected chi connectivity index (χ4v) is 2.66. The molecular formula is C15H18N4O2. The van der Waals surface area contributed by atoms with Crippen LogP contribution in [0.4, 0.5) is 0 Å². The smallest absolute Gasteiger partial charge is 0.251 e. The summed E-state index contributed by atoms with van der Waals surface area (Å²) >= 11 is 0. The van der Waals surface area contributed by atoms with Gasteiger partial charge in [0.15, 0.2) is 0 Å². The summed E-state index contributed by atoms with van der Waals surface area (Å²) in [7, 11) is 0. The highest BCUT2D eigenvalue weighted by Gasteiger charge is 2.22. The zero-order valence-electron chi connectivity index (χ0n) is 11.9. The van der Waals surface area contributed by atoms with Crippen LogP contribution in [0.15, 0.2) is 24.5 Å². The number of fused-ring (bicyclic) bond motifs is 1. The number of aromatic amines is 1. The molecule has 0 aliphatic carbocycles. The monoisotopic (exact) mass is 286 g/mol. The number of benzene rings is 1. The SMILES string of the molecule is CC(CN1CCCC1=O)NC(=O)c1ccc2nc[nH]c2c1. The van der Waals surface area contributed by atoms with E-state index in [1.807, 2.05) is 17.9 Å². The fourth-order valence-electron chi connectivity index (χ4n) is 2.66. The van der Waals surface area contributed by atoms with E-state index in [1.54, 1.807) is 18.5 Å². The van der Waals surface area contributed by atoms with Crippen molar-refractivity contribution in [3.05, 3.63) is 30.1 Å². The van der Waals surface area contributed by atoms with Crippen molar-refractivity contribution >= 4 is 22.8 Å². The van der Waals surface area contributed by atoms with Gasteiger partial charge in [-0.1, -0.05) is 0 Å². The second kappa shape index (κ2) is 5.55. The number of H-pyrrole nitrogens is 1. The molecule has 1 aromatic heterocycles. The molecule has 0 saturated carbocycles. The van der Waals surface area contributed by atoms with E-state index < -0.39 is 0 Å². The summed E-state index contributed by atoms with van der Waals surface area (Å²) in [6, 6.07) is 5.28. The van der Waals surface area contributed by atoms with Crippen LogP contribution >= 0.6 is 0 Å². The van der Waals surface area contributed by atoms with E-state index in [4.69, 9.17) is 0 Å². The molecular weight excluding hydrogens is 268 g/mol. The van der Waals surface area contributed by atoms with Gasteiger partial charge in [0.25, 0.3) is 5.91 Å². The third-order valence-corrected chi connectivity index (χ3v) is 3.73. The molecule has 2 aromatic rings. The topological polar surface area (TPSA) is 78.1 Å². The molecule has 6 nitrogen and oxygen atoms in total. The Labute approximate surface area is 122 Å². The molecule has 1 aromatic carbocycles. The van der Waals surface area contributed by atoms with E-state index in [-0.39, 0.29) is 17.9 Å². The molecule has 6 heteroatoms. The maximum Gasteiger partial charge on any atom is 0.251 e. The Kier molecular flexibility index (Phi) is 3.60. The number of carbonyl (C=O) groups is 2. The molecule has 1 saturated heterocycles. The minimum Gasteiger partial charge on any atom is -0.348 e. The van der Waals surface area contributed by atoms with Crippen molar-refractivity contribution in [1.82, 2.24) is 20.2 Å². The molecule has 3 rings (SSSR count). The Morgan fingerprint density at radius 1 is 1.52 bits per heavy atom. The summed E-state index contributed by atoms with van der Waals surface area (Å²) in [4.78, 5) is 32.7. The summed E-state index contributed by atoms with van der Waals surface area (Å²) in [6.07, 6.45) is 3.14. The zero-order valence-corrected chi connectivity index (χ0v) is 11.9. The molecule has 1 aliphatic heterocycles. The number of rotatable bonds is 4. The normalized spacial score (nSPS) is 16.4. The van der Waals surface area contributed by atoms with Crippen LogP contribution in [-0.4, -0.2) is 45.8 Å². The zero-order chi connectivity index (χ0) is 14.8. The Hall–Kier alpha value is -2.37. The van der Waals surface area contributed by atoms with Gasteiger partial charge in [-0.25, -0.2) is 4.98 Å². The molecule has 0 spiro atoms. The quantitative estimate of drug-likeness (QED) is 0.889. The third-order valence-electron chi connectivity index (χ3n) is 3.73. The number of carbonyl (C=O) groups excluding carboxylic acids is 2. The summed E-state index contributed by atoms with van der Waals surface area (Å²) in [6.45, 7) is 3.27. The number of nitrogens with one attached hydrogen (secondary N) is 2. The first-order valence-corrected chi connectivity index (χ1v) is 7.15. The lowest BCUT2D eigenvalue weighted by Crippen LogP contribution is -2.42. The van der Waals surface area contributed by atoms with Crippen LogP contribution in [0.3, 0.4) is 0 Å². The molecule has 2 heterocycles. The van der Waals surface area contributed by atoms with Crippen molar-refractivity contribution in [3.8, 4) is 0 Å². The van der Waals surface area contributed by atoms with Gasteiger partial charge >= 0.3 is 0 Å². The van der Waals surface area contributed by atoms with E-state index in [0.29, 0.717) is 18.5 Å². The second-order valence-electron chi connectivity index (χ2n) is 5.45. The number of hydrogen-bond donors (Lipinski definition) is 2. The lowest BCUT2D eigenvalue weighted by molar-refractivity contribution is -0.127. The third kappa shape index (κ3) is 2.89. The molecule has 0 radical (unpaired) electrons. The van der Waals surface area contributed by atoms with Crippen molar-refractivity contribution in [1.29, 1.82) is 0 Å². The summed E-state index contributed by atoms with van der Waals surface area (Å²) < 4.78 is 0. The van der Waals surface area contributed by atoms with E-state index in [9.17, 15) is 9.59 Å². The van der Waals surface area contributed by atoms with Gasteiger partial charge < -0.3 is 15.2 Å². The van der Waals surface area contributed by atoms with Crippen LogP contribution in [0.25, 0.3) is 11.0 Å². The minimum atomic E-state index is -0.134.